The SMILES string of the molecule is CCN(CC)S(=O)(=O)[C@@H](C)/C(OC(C)=O)=C(/C)[C@@H](CC(C)=O)OCc1ccccc1. The average molecular weight is 440 g/mol. The maximum absolute atomic E-state index is 13.0. The third-order valence-corrected chi connectivity index (χ3v) is 7.12. The first-order valence-electron chi connectivity index (χ1n) is 10.1. The first-order chi connectivity index (χ1) is 14.0. The number of carbonyl (C=O) groups is 2. The minimum absolute atomic E-state index is 0.00807. The zero-order valence-corrected chi connectivity index (χ0v) is 19.5. The van der Waals surface area contributed by atoms with Crippen molar-refractivity contribution in [3.8, 4) is 0 Å². The zero-order chi connectivity index (χ0) is 22.9. The van der Waals surface area contributed by atoms with E-state index in [1.165, 1.54) is 25.1 Å². The standard InChI is InChI=1S/C22H33NO6S/c1-7-23(8-2)30(26,27)18(5)22(29-19(6)25)17(4)21(14-16(3)24)28-15-20-12-10-9-11-13-20/h9-13,18,21H,7-8,14-15H2,1-6H3/b22-17+/t18-,21+/m0/s1. The molecule has 0 bridgehead atoms. The zero-order valence-electron chi connectivity index (χ0n) is 18.7. The minimum atomic E-state index is -3.76. The van der Waals surface area contributed by atoms with E-state index >= 15 is 0 Å². The second-order valence-electron chi connectivity index (χ2n) is 7.10. The van der Waals surface area contributed by atoms with Gasteiger partial charge in [0.15, 0.2) is 0 Å². The van der Waals surface area contributed by atoms with Crippen molar-refractivity contribution in [3.05, 3.63) is 47.2 Å². The second-order valence-corrected chi connectivity index (χ2v) is 9.36. The number of benzene rings is 1. The van der Waals surface area contributed by atoms with Gasteiger partial charge >= 0.3 is 5.97 Å². The lowest BCUT2D eigenvalue weighted by atomic mass is 10.0. The van der Waals surface area contributed by atoms with E-state index in [1.807, 2.05) is 30.3 Å². The Morgan fingerprint density at radius 1 is 1.03 bits per heavy atom. The van der Waals surface area contributed by atoms with E-state index in [1.54, 1.807) is 20.8 Å². The molecule has 0 aromatic heterocycles. The number of rotatable bonds is 12. The van der Waals surface area contributed by atoms with E-state index in [9.17, 15) is 18.0 Å². The summed E-state index contributed by atoms with van der Waals surface area (Å²) in [4.78, 5) is 23.6. The van der Waals surface area contributed by atoms with Crippen molar-refractivity contribution in [3.63, 3.8) is 0 Å². The lowest BCUT2D eigenvalue weighted by molar-refractivity contribution is -0.137. The van der Waals surface area contributed by atoms with Gasteiger partial charge in [0.25, 0.3) is 0 Å². The van der Waals surface area contributed by atoms with Crippen molar-refractivity contribution in [1.82, 2.24) is 4.31 Å². The largest absolute Gasteiger partial charge is 0.430 e. The Morgan fingerprint density at radius 2 is 1.60 bits per heavy atom. The molecule has 2 atom stereocenters. The maximum Gasteiger partial charge on any atom is 0.307 e. The number of Topliss-reactive ketones (excluding diaryl/α,β-unsaturated/α-hetero) is 1. The molecule has 7 nitrogen and oxygen atoms in total. The molecule has 1 rings (SSSR count). The molecule has 0 unspecified atom stereocenters. The van der Waals surface area contributed by atoms with E-state index in [2.05, 4.69) is 0 Å². The van der Waals surface area contributed by atoms with Gasteiger partial charge in [0.1, 0.15) is 16.8 Å². The first-order valence-corrected chi connectivity index (χ1v) is 11.6. The maximum atomic E-state index is 13.0. The van der Waals surface area contributed by atoms with Crippen LogP contribution in [0.5, 0.6) is 0 Å². The van der Waals surface area contributed by atoms with E-state index in [0.29, 0.717) is 18.7 Å². The molecule has 0 saturated heterocycles. The Morgan fingerprint density at radius 3 is 2.07 bits per heavy atom. The van der Waals surface area contributed by atoms with E-state index in [4.69, 9.17) is 9.47 Å². The van der Waals surface area contributed by atoms with Gasteiger partial charge in [-0.05, 0) is 31.9 Å². The summed E-state index contributed by atoms with van der Waals surface area (Å²) in [6, 6.07) is 9.43. The molecule has 0 fully saturated rings. The predicted molar refractivity (Wildman–Crippen MR) is 116 cm³/mol. The van der Waals surface area contributed by atoms with Gasteiger partial charge in [-0.1, -0.05) is 44.2 Å². The van der Waals surface area contributed by atoms with Crippen LogP contribution in [0.2, 0.25) is 0 Å². The van der Waals surface area contributed by atoms with Crippen LogP contribution in [0.3, 0.4) is 0 Å². The number of carbonyl (C=O) groups excluding carboxylic acids is 2. The van der Waals surface area contributed by atoms with Gasteiger partial charge in [0.2, 0.25) is 10.0 Å². The quantitative estimate of drug-likeness (QED) is 0.366. The van der Waals surface area contributed by atoms with Crippen LogP contribution in [-0.4, -0.2) is 48.9 Å². The second kappa shape index (κ2) is 12.0. The highest BCUT2D eigenvalue weighted by molar-refractivity contribution is 7.89. The van der Waals surface area contributed by atoms with Crippen molar-refractivity contribution in [2.75, 3.05) is 13.1 Å². The van der Waals surface area contributed by atoms with E-state index < -0.39 is 27.3 Å². The molecule has 168 valence electrons. The Balaban J connectivity index is 3.35. The van der Waals surface area contributed by atoms with Crippen molar-refractivity contribution < 1.29 is 27.5 Å². The molecule has 0 aliphatic carbocycles. The molecule has 0 saturated carbocycles. The smallest absolute Gasteiger partial charge is 0.307 e. The fourth-order valence-corrected chi connectivity index (χ4v) is 4.78. The van der Waals surface area contributed by atoms with Crippen molar-refractivity contribution in [1.29, 1.82) is 0 Å². The number of hydrogen-bond donors (Lipinski definition) is 0. The lowest BCUT2D eigenvalue weighted by Crippen LogP contribution is -2.39. The molecule has 0 radical (unpaired) electrons. The summed E-state index contributed by atoms with van der Waals surface area (Å²) in [6.45, 7) is 10.1. The number of ketones is 1. The highest BCUT2D eigenvalue weighted by Gasteiger charge is 2.34. The summed E-state index contributed by atoms with van der Waals surface area (Å²) in [6.07, 6.45) is -0.673. The van der Waals surface area contributed by atoms with E-state index in [0.717, 1.165) is 5.56 Å². The monoisotopic (exact) mass is 439 g/mol. The molecule has 0 amide bonds. The Labute approximate surface area is 180 Å². The van der Waals surface area contributed by atoms with Gasteiger partial charge in [0, 0.05) is 26.4 Å². The van der Waals surface area contributed by atoms with Gasteiger partial charge in [0.05, 0.1) is 12.7 Å². The third-order valence-electron chi connectivity index (χ3n) is 4.77. The van der Waals surface area contributed by atoms with Crippen LogP contribution in [0.4, 0.5) is 0 Å². The van der Waals surface area contributed by atoms with Gasteiger partial charge in [-0.25, -0.2) is 12.7 Å². The van der Waals surface area contributed by atoms with Crippen molar-refractivity contribution >= 4 is 21.8 Å². The minimum Gasteiger partial charge on any atom is -0.430 e. The van der Waals surface area contributed by atoms with Crippen molar-refractivity contribution in [2.45, 2.75) is 65.9 Å². The summed E-state index contributed by atoms with van der Waals surface area (Å²) in [5, 5.41) is -1.10. The summed E-state index contributed by atoms with van der Waals surface area (Å²) in [5.41, 5.74) is 1.33. The molecule has 0 aliphatic heterocycles. The molecule has 30 heavy (non-hydrogen) atoms. The molecule has 0 N–H and O–H groups in total. The van der Waals surface area contributed by atoms with Gasteiger partial charge in [-0.2, -0.15) is 0 Å². The number of hydrogen-bond acceptors (Lipinski definition) is 6. The van der Waals surface area contributed by atoms with Crippen LogP contribution >= 0.6 is 0 Å². The molecule has 0 aliphatic rings. The van der Waals surface area contributed by atoms with E-state index in [-0.39, 0.29) is 24.6 Å². The highest BCUT2D eigenvalue weighted by Crippen LogP contribution is 2.26. The fourth-order valence-electron chi connectivity index (χ4n) is 3.11. The molecule has 0 spiro atoms. The van der Waals surface area contributed by atoms with Crippen LogP contribution in [-0.2, 0) is 35.7 Å². The lowest BCUT2D eigenvalue weighted by Gasteiger charge is -2.27. The van der Waals surface area contributed by atoms with Crippen LogP contribution in [0.15, 0.2) is 41.7 Å². The Bertz CT molecular complexity index is 844. The number of sulfonamides is 1. The Kier molecular flexibility index (Phi) is 10.4. The summed E-state index contributed by atoms with van der Waals surface area (Å²) >= 11 is 0. The molecule has 1 aromatic rings. The summed E-state index contributed by atoms with van der Waals surface area (Å²) < 4.78 is 38.7. The van der Waals surface area contributed by atoms with Gasteiger partial charge < -0.3 is 9.47 Å². The average Bonchev–Trinajstić information content (AvgIpc) is 2.69. The summed E-state index contributed by atoms with van der Waals surface area (Å²) in [5.74, 6) is -0.738. The van der Waals surface area contributed by atoms with Crippen molar-refractivity contribution in [2.24, 2.45) is 0 Å². The third kappa shape index (κ3) is 7.34. The number of nitrogens with zero attached hydrogens (tertiary/aromatic N) is 1. The highest BCUT2D eigenvalue weighted by atomic mass is 32.2. The number of ether oxygens (including phenoxy) is 2. The van der Waals surface area contributed by atoms with Crippen LogP contribution in [0.1, 0.15) is 53.5 Å². The topological polar surface area (TPSA) is 90.0 Å². The van der Waals surface area contributed by atoms with Crippen LogP contribution < -0.4 is 0 Å². The Hall–Kier alpha value is -2.03. The molecule has 1 aromatic carbocycles. The molecular weight excluding hydrogens is 406 g/mol. The molecule has 8 heteroatoms. The summed E-state index contributed by atoms with van der Waals surface area (Å²) in [7, 11) is -3.76. The van der Waals surface area contributed by atoms with Gasteiger partial charge in [-0.3, -0.25) is 9.59 Å². The molecule has 0 heterocycles. The van der Waals surface area contributed by atoms with Crippen LogP contribution in [0, 0.1) is 0 Å². The van der Waals surface area contributed by atoms with Gasteiger partial charge in [-0.15, -0.1) is 0 Å². The fraction of sp³-hybridized carbons (Fsp3) is 0.545. The number of esters is 1. The van der Waals surface area contributed by atoms with Crippen LogP contribution in [0.25, 0.3) is 0 Å². The normalized spacial score (nSPS) is 14.8. The molecular formula is C22H33NO6S. The first kappa shape index (κ1) is 26.0. The predicted octanol–water partition coefficient (Wildman–Crippen LogP) is 3.45.